The minimum atomic E-state index is -0.435. The van der Waals surface area contributed by atoms with Crippen molar-refractivity contribution in [1.82, 2.24) is 0 Å². The number of hydrogen-bond donors (Lipinski definition) is 0. The molecule has 0 saturated heterocycles. The van der Waals surface area contributed by atoms with Gasteiger partial charge in [-0.1, -0.05) is 0 Å². The highest BCUT2D eigenvalue weighted by atomic mass is 127. The molecule has 0 aliphatic heterocycles. The lowest BCUT2D eigenvalue weighted by Gasteiger charge is -2.06. The van der Waals surface area contributed by atoms with Gasteiger partial charge in [-0.05, 0) is 64.2 Å². The third-order valence-corrected chi connectivity index (χ3v) is 3.13. The highest BCUT2D eigenvalue weighted by Gasteiger charge is 2.17. The summed E-state index contributed by atoms with van der Waals surface area (Å²) in [4.78, 5) is 11.6. The molecule has 1 rings (SSSR count). The van der Waals surface area contributed by atoms with Crippen molar-refractivity contribution in [2.75, 3.05) is 6.61 Å². The molecule has 1 aromatic rings. The van der Waals surface area contributed by atoms with Gasteiger partial charge in [-0.2, -0.15) is 5.26 Å². The van der Waals surface area contributed by atoms with Crippen molar-refractivity contribution in [3.8, 4) is 6.07 Å². The summed E-state index contributed by atoms with van der Waals surface area (Å²) in [7, 11) is 0. The molecule has 0 radical (unpaired) electrons. The van der Waals surface area contributed by atoms with E-state index in [1.54, 1.807) is 13.0 Å². The summed E-state index contributed by atoms with van der Waals surface area (Å²) in [5.41, 5.74) is 0.727. The molecule has 15 heavy (non-hydrogen) atoms. The lowest BCUT2D eigenvalue weighted by molar-refractivity contribution is 0.0524. The monoisotopic (exact) mass is 427 g/mol. The zero-order valence-electron chi connectivity index (χ0n) is 7.88. The highest BCUT2D eigenvalue weighted by molar-refractivity contribution is 14.1. The summed E-state index contributed by atoms with van der Waals surface area (Å²) < 4.78 is 6.57. The lowest BCUT2D eigenvalue weighted by atomic mass is 10.1. The van der Waals surface area contributed by atoms with Gasteiger partial charge >= 0.3 is 5.97 Å². The first-order chi connectivity index (χ1) is 7.10. The van der Waals surface area contributed by atoms with Crippen molar-refractivity contribution in [3.05, 3.63) is 30.4 Å². The Bertz CT molecular complexity index is 438. The number of hydrogen-bond acceptors (Lipinski definition) is 3. The smallest absolute Gasteiger partial charge is 0.340 e. The summed E-state index contributed by atoms with van der Waals surface area (Å²) >= 11 is 4.14. The molecule has 1 aromatic carbocycles. The second-order valence-corrected chi connectivity index (χ2v) is 5.05. The summed E-state index contributed by atoms with van der Waals surface area (Å²) in [6, 6.07) is 5.52. The SMILES string of the molecule is CCOC(=O)c1c(I)cc(I)cc1C#N. The molecule has 3 nitrogen and oxygen atoms in total. The van der Waals surface area contributed by atoms with Crippen LogP contribution in [0.25, 0.3) is 0 Å². The fourth-order valence-corrected chi connectivity index (χ4v) is 3.14. The van der Waals surface area contributed by atoms with Crippen LogP contribution in [0.3, 0.4) is 0 Å². The van der Waals surface area contributed by atoms with E-state index in [1.807, 2.05) is 34.7 Å². The molecule has 0 fully saturated rings. The van der Waals surface area contributed by atoms with Crippen molar-refractivity contribution in [2.24, 2.45) is 0 Å². The Labute approximate surface area is 115 Å². The Morgan fingerprint density at radius 3 is 2.73 bits per heavy atom. The third kappa shape index (κ3) is 3.04. The first-order valence-corrected chi connectivity index (χ1v) is 6.32. The molecule has 0 bridgehead atoms. The van der Waals surface area contributed by atoms with Gasteiger partial charge in [0, 0.05) is 7.14 Å². The number of benzene rings is 1. The van der Waals surface area contributed by atoms with E-state index in [1.165, 1.54) is 0 Å². The van der Waals surface area contributed by atoms with Crippen LogP contribution in [0.4, 0.5) is 0 Å². The van der Waals surface area contributed by atoms with Crippen molar-refractivity contribution >= 4 is 51.2 Å². The molecule has 0 spiro atoms. The Morgan fingerprint density at radius 1 is 1.53 bits per heavy atom. The number of esters is 1. The molecular formula is C10H7I2NO2. The molecule has 0 atom stereocenters. The van der Waals surface area contributed by atoms with Gasteiger partial charge in [-0.25, -0.2) is 4.79 Å². The molecule has 0 amide bonds. The Kier molecular flexibility index (Phi) is 4.79. The molecule has 0 saturated carbocycles. The maximum Gasteiger partial charge on any atom is 0.340 e. The molecule has 0 aliphatic carbocycles. The topological polar surface area (TPSA) is 50.1 Å². The average molecular weight is 427 g/mol. The van der Waals surface area contributed by atoms with Crippen LogP contribution in [0.5, 0.6) is 0 Å². The van der Waals surface area contributed by atoms with Gasteiger partial charge in [0.05, 0.1) is 17.7 Å². The van der Waals surface area contributed by atoms with E-state index in [2.05, 4.69) is 22.6 Å². The van der Waals surface area contributed by atoms with E-state index in [4.69, 9.17) is 10.00 Å². The Hall–Kier alpha value is -0.360. The van der Waals surface area contributed by atoms with Gasteiger partial charge < -0.3 is 4.74 Å². The van der Waals surface area contributed by atoms with Crippen LogP contribution in [0.1, 0.15) is 22.8 Å². The second kappa shape index (κ2) is 5.65. The maximum absolute atomic E-state index is 11.6. The standard InChI is InChI=1S/C10H7I2NO2/c1-2-15-10(14)9-6(5-13)3-7(11)4-8(9)12/h3-4H,2H2,1H3. The van der Waals surface area contributed by atoms with Gasteiger partial charge in [0.2, 0.25) is 0 Å². The summed E-state index contributed by atoms with van der Waals surface area (Å²) in [6.45, 7) is 2.05. The number of carbonyl (C=O) groups excluding carboxylic acids is 1. The van der Waals surface area contributed by atoms with Crippen molar-refractivity contribution in [1.29, 1.82) is 5.26 Å². The molecule has 0 heterocycles. The number of nitrogens with zero attached hydrogens (tertiary/aromatic N) is 1. The fraction of sp³-hybridized carbons (Fsp3) is 0.200. The van der Waals surface area contributed by atoms with E-state index >= 15 is 0 Å². The predicted molar refractivity (Wildman–Crippen MR) is 72.5 cm³/mol. The fourth-order valence-electron chi connectivity index (χ4n) is 1.07. The number of halogens is 2. The van der Waals surface area contributed by atoms with Crippen molar-refractivity contribution in [2.45, 2.75) is 6.92 Å². The number of rotatable bonds is 2. The third-order valence-electron chi connectivity index (χ3n) is 1.66. The normalized spacial score (nSPS) is 9.47. The van der Waals surface area contributed by atoms with Gasteiger partial charge in [-0.3, -0.25) is 0 Å². The van der Waals surface area contributed by atoms with Crippen LogP contribution in [0.2, 0.25) is 0 Å². The van der Waals surface area contributed by atoms with Crippen molar-refractivity contribution < 1.29 is 9.53 Å². The lowest BCUT2D eigenvalue weighted by Crippen LogP contribution is -2.09. The van der Waals surface area contributed by atoms with Gasteiger partial charge in [0.15, 0.2) is 0 Å². The van der Waals surface area contributed by atoms with Gasteiger partial charge in [0.25, 0.3) is 0 Å². The number of ether oxygens (including phenoxy) is 1. The zero-order valence-corrected chi connectivity index (χ0v) is 12.2. The van der Waals surface area contributed by atoms with E-state index < -0.39 is 5.97 Å². The Balaban J connectivity index is 3.28. The quantitative estimate of drug-likeness (QED) is 0.539. The molecule has 0 N–H and O–H groups in total. The molecular weight excluding hydrogens is 420 g/mol. The molecule has 0 aliphatic rings. The zero-order chi connectivity index (χ0) is 11.4. The van der Waals surface area contributed by atoms with Crippen LogP contribution < -0.4 is 0 Å². The second-order valence-electron chi connectivity index (χ2n) is 2.64. The van der Waals surface area contributed by atoms with Gasteiger partial charge in [-0.15, -0.1) is 0 Å². The van der Waals surface area contributed by atoms with E-state index in [0.29, 0.717) is 17.7 Å². The minimum Gasteiger partial charge on any atom is -0.462 e. The van der Waals surface area contributed by atoms with Crippen LogP contribution in [0.15, 0.2) is 12.1 Å². The number of carbonyl (C=O) groups is 1. The average Bonchev–Trinajstić information content (AvgIpc) is 2.16. The van der Waals surface area contributed by atoms with Crippen LogP contribution in [0, 0.1) is 18.5 Å². The molecule has 78 valence electrons. The molecule has 0 unspecified atom stereocenters. The first kappa shape index (κ1) is 12.7. The molecule has 5 heteroatoms. The van der Waals surface area contributed by atoms with Crippen LogP contribution in [-0.4, -0.2) is 12.6 Å². The number of nitriles is 1. The van der Waals surface area contributed by atoms with Crippen molar-refractivity contribution in [3.63, 3.8) is 0 Å². The predicted octanol–water partition coefficient (Wildman–Crippen LogP) is 2.94. The van der Waals surface area contributed by atoms with E-state index in [-0.39, 0.29) is 0 Å². The summed E-state index contributed by atoms with van der Waals surface area (Å²) in [5.74, 6) is -0.435. The first-order valence-electron chi connectivity index (χ1n) is 4.16. The largest absolute Gasteiger partial charge is 0.462 e. The van der Waals surface area contributed by atoms with Crippen LogP contribution >= 0.6 is 45.2 Å². The van der Waals surface area contributed by atoms with E-state index in [9.17, 15) is 4.79 Å². The summed E-state index contributed by atoms with van der Waals surface area (Å²) in [6.07, 6.45) is 0. The molecule has 0 aromatic heterocycles. The minimum absolute atomic E-state index is 0.311. The van der Waals surface area contributed by atoms with Gasteiger partial charge in [0.1, 0.15) is 6.07 Å². The Morgan fingerprint density at radius 2 is 2.20 bits per heavy atom. The van der Waals surface area contributed by atoms with E-state index in [0.717, 1.165) is 7.14 Å². The highest BCUT2D eigenvalue weighted by Crippen LogP contribution is 2.21. The summed E-state index contributed by atoms with van der Waals surface area (Å²) in [5, 5.41) is 8.92. The van der Waals surface area contributed by atoms with Crippen LogP contribution in [-0.2, 0) is 4.74 Å². The maximum atomic E-state index is 11.6.